The van der Waals surface area contributed by atoms with Crippen LogP contribution in [0.25, 0.3) is 11.0 Å². The second-order valence-electron chi connectivity index (χ2n) is 2.71. The summed E-state index contributed by atoms with van der Waals surface area (Å²) in [6, 6.07) is 1.64. The van der Waals surface area contributed by atoms with Crippen LogP contribution in [0.3, 0.4) is 0 Å². The standard InChI is InChI=1S/C8H5BrCl2N2/c1-13-3-4(9)7-8(13)5(10)2-6(11)12-7/h2-3H,1H3. The lowest BCUT2D eigenvalue weighted by Gasteiger charge is -1.98. The fraction of sp³-hybridized carbons (Fsp3) is 0.125. The van der Waals surface area contributed by atoms with Crippen LogP contribution in [0.5, 0.6) is 0 Å². The fourth-order valence-electron chi connectivity index (χ4n) is 1.28. The van der Waals surface area contributed by atoms with Crippen LogP contribution >= 0.6 is 39.1 Å². The monoisotopic (exact) mass is 278 g/mol. The smallest absolute Gasteiger partial charge is 0.131 e. The molecule has 0 N–H and O–H groups in total. The number of aromatic nitrogens is 2. The third-order valence-corrected chi connectivity index (χ3v) is 2.86. The van der Waals surface area contributed by atoms with Crippen LogP contribution in [0.4, 0.5) is 0 Å². The Morgan fingerprint density at radius 2 is 2.15 bits per heavy atom. The van der Waals surface area contributed by atoms with Crippen molar-refractivity contribution in [3.05, 3.63) is 26.9 Å². The molecule has 0 aliphatic heterocycles. The second-order valence-corrected chi connectivity index (χ2v) is 4.36. The van der Waals surface area contributed by atoms with E-state index in [0.29, 0.717) is 10.2 Å². The van der Waals surface area contributed by atoms with Crippen LogP contribution < -0.4 is 0 Å². The Hall–Kier alpha value is -0.250. The van der Waals surface area contributed by atoms with E-state index in [4.69, 9.17) is 23.2 Å². The molecule has 2 aromatic heterocycles. The number of aryl methyl sites for hydroxylation is 1. The Bertz CT molecular complexity index is 478. The molecule has 2 heterocycles. The first-order chi connectivity index (χ1) is 6.09. The van der Waals surface area contributed by atoms with Gasteiger partial charge < -0.3 is 4.57 Å². The van der Waals surface area contributed by atoms with Crippen LogP contribution in [0, 0.1) is 0 Å². The maximum absolute atomic E-state index is 6.01. The van der Waals surface area contributed by atoms with Crippen molar-refractivity contribution >= 4 is 50.2 Å². The van der Waals surface area contributed by atoms with E-state index in [0.717, 1.165) is 15.5 Å². The molecule has 0 aliphatic carbocycles. The summed E-state index contributed by atoms with van der Waals surface area (Å²) in [5, 5.41) is 1.02. The molecule has 0 radical (unpaired) electrons. The number of rotatable bonds is 0. The third kappa shape index (κ3) is 1.45. The van der Waals surface area contributed by atoms with E-state index >= 15 is 0 Å². The summed E-state index contributed by atoms with van der Waals surface area (Å²) in [4.78, 5) is 4.17. The number of halogens is 3. The van der Waals surface area contributed by atoms with Crippen molar-refractivity contribution in [1.29, 1.82) is 0 Å². The van der Waals surface area contributed by atoms with Gasteiger partial charge in [-0.15, -0.1) is 0 Å². The van der Waals surface area contributed by atoms with Gasteiger partial charge in [-0.3, -0.25) is 0 Å². The molecule has 68 valence electrons. The predicted molar refractivity (Wildman–Crippen MR) is 58.4 cm³/mol. The van der Waals surface area contributed by atoms with E-state index in [1.165, 1.54) is 0 Å². The Kier molecular flexibility index (Phi) is 2.26. The van der Waals surface area contributed by atoms with Crippen LogP contribution in [-0.2, 0) is 7.05 Å². The van der Waals surface area contributed by atoms with Gasteiger partial charge in [-0.05, 0) is 22.0 Å². The molecule has 2 nitrogen and oxygen atoms in total. The van der Waals surface area contributed by atoms with E-state index in [9.17, 15) is 0 Å². The van der Waals surface area contributed by atoms with Gasteiger partial charge >= 0.3 is 0 Å². The van der Waals surface area contributed by atoms with Gasteiger partial charge in [0.2, 0.25) is 0 Å². The summed E-state index contributed by atoms with van der Waals surface area (Å²) in [5.74, 6) is 0. The molecule has 0 amide bonds. The lowest BCUT2D eigenvalue weighted by Crippen LogP contribution is -1.86. The van der Waals surface area contributed by atoms with Crippen LogP contribution in [0.15, 0.2) is 16.7 Å². The van der Waals surface area contributed by atoms with E-state index in [2.05, 4.69) is 20.9 Å². The lowest BCUT2D eigenvalue weighted by atomic mass is 10.4. The van der Waals surface area contributed by atoms with Crippen molar-refractivity contribution in [3.63, 3.8) is 0 Å². The van der Waals surface area contributed by atoms with Crippen LogP contribution in [0.2, 0.25) is 10.2 Å². The highest BCUT2D eigenvalue weighted by Gasteiger charge is 2.10. The van der Waals surface area contributed by atoms with Gasteiger partial charge in [0.15, 0.2) is 0 Å². The summed E-state index contributed by atoms with van der Waals surface area (Å²) in [7, 11) is 1.91. The molecule has 0 bridgehead atoms. The van der Waals surface area contributed by atoms with Crippen molar-refractivity contribution in [2.45, 2.75) is 0 Å². The molecular weight excluding hydrogens is 275 g/mol. The number of hydrogen-bond donors (Lipinski definition) is 0. The van der Waals surface area contributed by atoms with Gasteiger partial charge in [-0.25, -0.2) is 4.98 Å². The SMILES string of the molecule is Cn1cc(Br)c2nc(Cl)cc(Cl)c21. The molecule has 0 atom stereocenters. The highest BCUT2D eigenvalue weighted by molar-refractivity contribution is 9.10. The molecule has 2 aromatic rings. The van der Waals surface area contributed by atoms with Crippen molar-refractivity contribution in [1.82, 2.24) is 9.55 Å². The largest absolute Gasteiger partial charge is 0.347 e. The van der Waals surface area contributed by atoms with Gasteiger partial charge in [0.1, 0.15) is 10.7 Å². The Balaban J connectivity index is 2.97. The normalized spacial score (nSPS) is 11.1. The second kappa shape index (κ2) is 3.15. The summed E-state index contributed by atoms with van der Waals surface area (Å²) >= 11 is 15.2. The minimum absolute atomic E-state index is 0.407. The molecule has 5 heteroatoms. The number of pyridine rings is 1. The minimum atomic E-state index is 0.407. The molecule has 2 rings (SSSR count). The van der Waals surface area contributed by atoms with Gasteiger partial charge in [-0.1, -0.05) is 23.2 Å². The third-order valence-electron chi connectivity index (χ3n) is 1.80. The van der Waals surface area contributed by atoms with E-state index < -0.39 is 0 Å². The summed E-state index contributed by atoms with van der Waals surface area (Å²) < 4.78 is 2.81. The number of nitrogens with zero attached hydrogens (tertiary/aromatic N) is 2. The first kappa shape index (κ1) is 9.31. The van der Waals surface area contributed by atoms with E-state index in [-0.39, 0.29) is 0 Å². The molecule has 0 saturated carbocycles. The molecule has 0 fully saturated rings. The first-order valence-electron chi connectivity index (χ1n) is 3.56. The zero-order valence-corrected chi connectivity index (χ0v) is 9.78. The average molecular weight is 280 g/mol. The summed E-state index contributed by atoms with van der Waals surface area (Å²) in [6.45, 7) is 0. The number of fused-ring (bicyclic) bond motifs is 1. The minimum Gasteiger partial charge on any atom is -0.347 e. The molecule has 0 spiro atoms. The zero-order chi connectivity index (χ0) is 9.59. The zero-order valence-electron chi connectivity index (χ0n) is 6.68. The highest BCUT2D eigenvalue weighted by Crippen LogP contribution is 2.30. The molecule has 13 heavy (non-hydrogen) atoms. The predicted octanol–water partition coefficient (Wildman–Crippen LogP) is 3.64. The number of hydrogen-bond acceptors (Lipinski definition) is 1. The van der Waals surface area contributed by atoms with Crippen molar-refractivity contribution < 1.29 is 0 Å². The van der Waals surface area contributed by atoms with Crippen molar-refractivity contribution in [3.8, 4) is 0 Å². The maximum atomic E-state index is 6.01. The van der Waals surface area contributed by atoms with E-state index in [1.54, 1.807) is 6.07 Å². The van der Waals surface area contributed by atoms with Gasteiger partial charge in [0.05, 0.1) is 15.0 Å². The van der Waals surface area contributed by atoms with Gasteiger partial charge in [0, 0.05) is 13.2 Å². The fourth-order valence-corrected chi connectivity index (χ4v) is 2.44. The molecule has 0 aliphatic rings. The Morgan fingerprint density at radius 3 is 2.85 bits per heavy atom. The molecular formula is C8H5BrCl2N2. The topological polar surface area (TPSA) is 17.8 Å². The van der Waals surface area contributed by atoms with E-state index in [1.807, 2.05) is 17.8 Å². The average Bonchev–Trinajstić information content (AvgIpc) is 2.27. The van der Waals surface area contributed by atoms with Crippen molar-refractivity contribution in [2.24, 2.45) is 7.05 Å². The maximum Gasteiger partial charge on any atom is 0.131 e. The summed E-state index contributed by atoms with van der Waals surface area (Å²) in [5.41, 5.74) is 1.68. The quantitative estimate of drug-likeness (QED) is 0.673. The van der Waals surface area contributed by atoms with Crippen LogP contribution in [0.1, 0.15) is 0 Å². The highest BCUT2D eigenvalue weighted by atomic mass is 79.9. The molecule has 0 aromatic carbocycles. The van der Waals surface area contributed by atoms with Crippen LogP contribution in [-0.4, -0.2) is 9.55 Å². The van der Waals surface area contributed by atoms with Gasteiger partial charge in [0.25, 0.3) is 0 Å². The summed E-state index contributed by atoms with van der Waals surface area (Å²) in [6.07, 6.45) is 1.90. The van der Waals surface area contributed by atoms with Crippen molar-refractivity contribution in [2.75, 3.05) is 0 Å². The Morgan fingerprint density at radius 1 is 1.46 bits per heavy atom. The Labute approximate surface area is 93.6 Å². The van der Waals surface area contributed by atoms with Gasteiger partial charge in [-0.2, -0.15) is 0 Å². The first-order valence-corrected chi connectivity index (χ1v) is 5.11. The molecule has 0 saturated heterocycles. The lowest BCUT2D eigenvalue weighted by molar-refractivity contribution is 0.966. The molecule has 0 unspecified atom stereocenters.